The summed E-state index contributed by atoms with van der Waals surface area (Å²) in [4.78, 5) is 24.9. The first kappa shape index (κ1) is 21.0. The number of nitrogens with one attached hydrogen (secondary N) is 1. The van der Waals surface area contributed by atoms with Gasteiger partial charge in [-0.05, 0) is 25.5 Å². The van der Waals surface area contributed by atoms with E-state index in [2.05, 4.69) is 34.1 Å². The first-order chi connectivity index (χ1) is 13.5. The number of thioether (sulfide) groups is 1. The highest BCUT2D eigenvalue weighted by Crippen LogP contribution is 2.46. The van der Waals surface area contributed by atoms with Crippen molar-refractivity contribution < 1.29 is 9.18 Å². The highest BCUT2D eigenvalue weighted by molar-refractivity contribution is 8.15. The minimum absolute atomic E-state index is 0.0238. The van der Waals surface area contributed by atoms with E-state index in [0.29, 0.717) is 22.8 Å². The number of nitrogens with two attached hydrogens (primary N) is 1. The van der Waals surface area contributed by atoms with Gasteiger partial charge < -0.3 is 11.1 Å². The van der Waals surface area contributed by atoms with Crippen molar-refractivity contribution >= 4 is 40.1 Å². The molecule has 0 spiro atoms. The number of carbonyl (C=O) groups is 1. The van der Waals surface area contributed by atoms with Crippen LogP contribution in [0.25, 0.3) is 0 Å². The molecule has 150 valence electrons. The minimum atomic E-state index is -0.890. The Bertz CT molecular complexity index is 1070. The Hall–Kier alpha value is -2.70. The predicted octanol–water partition coefficient (Wildman–Crippen LogP) is 3.84. The number of halogens is 2. The first-order valence-electron chi connectivity index (χ1n) is 8.60. The van der Waals surface area contributed by atoms with E-state index in [1.54, 1.807) is 12.1 Å². The van der Waals surface area contributed by atoms with Crippen molar-refractivity contribution in [3.63, 3.8) is 0 Å². The molecule has 3 heterocycles. The van der Waals surface area contributed by atoms with Gasteiger partial charge in [0.05, 0.1) is 23.0 Å². The first-order valence-corrected chi connectivity index (χ1v) is 9.80. The number of rotatable bonds is 3. The molecule has 1 aliphatic rings. The topological polar surface area (TPSA) is 117 Å². The normalized spacial score (nSPS) is 20.5. The maximum atomic E-state index is 14.1. The molecular weight excluding hydrogens is 415 g/mol. The number of aliphatic imine (C=N–C) groups is 1. The van der Waals surface area contributed by atoms with Gasteiger partial charge in [-0.3, -0.25) is 9.79 Å². The van der Waals surface area contributed by atoms with Gasteiger partial charge in [0.15, 0.2) is 16.7 Å². The van der Waals surface area contributed by atoms with Crippen molar-refractivity contribution in [2.45, 2.75) is 37.5 Å². The fraction of sp³-hybridized carbons (Fsp3) is 0.316. The summed E-state index contributed by atoms with van der Waals surface area (Å²) in [6.45, 7) is 6.02. The van der Waals surface area contributed by atoms with Crippen molar-refractivity contribution in [3.05, 3.63) is 52.3 Å². The Morgan fingerprint density at radius 1 is 1.34 bits per heavy atom. The van der Waals surface area contributed by atoms with Crippen LogP contribution in [0.4, 0.5) is 10.1 Å². The molecule has 2 aromatic rings. The lowest BCUT2D eigenvalue weighted by molar-refractivity contribution is 0.101. The monoisotopic (exact) mass is 432 g/mol. The third-order valence-electron chi connectivity index (χ3n) is 4.37. The van der Waals surface area contributed by atoms with Crippen molar-refractivity contribution in [1.29, 1.82) is 5.26 Å². The summed E-state index contributed by atoms with van der Waals surface area (Å²) in [5, 5.41) is 12.0. The number of aromatic nitrogens is 2. The predicted molar refractivity (Wildman–Crippen MR) is 111 cm³/mol. The number of carbonyl (C=O) groups excluding carboxylic acids is 1. The molecule has 7 nitrogen and oxygen atoms in total. The number of amidine groups is 1. The van der Waals surface area contributed by atoms with Crippen molar-refractivity contribution in [2.24, 2.45) is 10.7 Å². The van der Waals surface area contributed by atoms with Crippen LogP contribution in [0.2, 0.25) is 5.15 Å². The zero-order valence-corrected chi connectivity index (χ0v) is 17.5. The molecule has 1 atom stereocenters. The molecule has 10 heteroatoms. The van der Waals surface area contributed by atoms with Crippen LogP contribution in [0, 0.1) is 17.1 Å². The largest absolute Gasteiger partial charge is 0.378 e. The summed E-state index contributed by atoms with van der Waals surface area (Å²) in [5.41, 5.74) is 5.79. The van der Waals surface area contributed by atoms with Crippen LogP contribution in [-0.4, -0.2) is 25.8 Å². The Balaban J connectivity index is 1.93. The molecule has 1 aliphatic heterocycles. The maximum Gasteiger partial charge on any atom is 0.277 e. The fourth-order valence-electron chi connectivity index (χ4n) is 3.36. The molecule has 0 saturated heterocycles. The van der Waals surface area contributed by atoms with Gasteiger partial charge in [-0.25, -0.2) is 14.4 Å². The molecule has 3 rings (SSSR count). The van der Waals surface area contributed by atoms with Crippen molar-refractivity contribution in [3.8, 4) is 6.07 Å². The van der Waals surface area contributed by atoms with Gasteiger partial charge in [0.2, 0.25) is 0 Å². The third kappa shape index (κ3) is 4.49. The quantitative estimate of drug-likeness (QED) is 0.711. The van der Waals surface area contributed by atoms with Gasteiger partial charge in [0, 0.05) is 16.5 Å². The second-order valence-corrected chi connectivity index (χ2v) is 9.53. The summed E-state index contributed by atoms with van der Waals surface area (Å²) in [5.74, 6) is -1.66. The molecule has 29 heavy (non-hydrogen) atoms. The number of anilines is 1. The van der Waals surface area contributed by atoms with Gasteiger partial charge in [-0.15, -0.1) is 0 Å². The van der Waals surface area contributed by atoms with Crippen LogP contribution < -0.4 is 11.1 Å². The highest BCUT2D eigenvalue weighted by Gasteiger charge is 2.40. The molecule has 1 amide bonds. The zero-order chi connectivity index (χ0) is 21.4. The number of amides is 1. The lowest BCUT2D eigenvalue weighted by Gasteiger charge is -2.39. The van der Waals surface area contributed by atoms with Gasteiger partial charge in [0.1, 0.15) is 11.2 Å². The second kappa shape index (κ2) is 7.61. The average molecular weight is 433 g/mol. The molecule has 0 fully saturated rings. The number of hydrogen-bond donors (Lipinski definition) is 2. The molecule has 0 unspecified atom stereocenters. The maximum absolute atomic E-state index is 14.1. The Morgan fingerprint density at radius 3 is 2.69 bits per heavy atom. The van der Waals surface area contributed by atoms with Crippen LogP contribution in [0.1, 0.15) is 48.8 Å². The van der Waals surface area contributed by atoms with Crippen LogP contribution in [0.3, 0.4) is 0 Å². The summed E-state index contributed by atoms with van der Waals surface area (Å²) in [6.07, 6.45) is 3.14. The number of nitrogens with zero attached hydrogens (tertiary/aromatic N) is 4. The molecular formula is C19H18ClFN6OS. The lowest BCUT2D eigenvalue weighted by Crippen LogP contribution is -2.38. The lowest BCUT2D eigenvalue weighted by atomic mass is 9.84. The molecule has 0 saturated carbocycles. The summed E-state index contributed by atoms with van der Waals surface area (Å²) in [7, 11) is 0. The Kier molecular flexibility index (Phi) is 5.52. The van der Waals surface area contributed by atoms with E-state index in [4.69, 9.17) is 22.6 Å². The van der Waals surface area contributed by atoms with E-state index in [1.165, 1.54) is 18.0 Å². The summed E-state index contributed by atoms with van der Waals surface area (Å²) < 4.78 is 13.9. The standard InChI is InChI=1S/C19H18ClFN6OS/c1-18(2)9-19(3,27-17(23)29-18)12-5-11(8-25-15(12)20)26-16(28)14-13(21)4-10(6-22)7-24-14/h4-5,7-8H,9H2,1-3H3,(H2,23,27)(H,26,28)/t19-/m0/s1. The van der Waals surface area contributed by atoms with Crippen LogP contribution in [-0.2, 0) is 5.54 Å². The van der Waals surface area contributed by atoms with E-state index in [1.807, 2.05) is 6.92 Å². The van der Waals surface area contributed by atoms with Crippen LogP contribution in [0.15, 0.2) is 29.5 Å². The van der Waals surface area contributed by atoms with E-state index >= 15 is 0 Å². The van der Waals surface area contributed by atoms with Gasteiger partial charge >= 0.3 is 0 Å². The molecule has 0 aliphatic carbocycles. The molecule has 0 aromatic carbocycles. The Morgan fingerprint density at radius 2 is 2.07 bits per heavy atom. The number of pyridine rings is 2. The average Bonchev–Trinajstić information content (AvgIpc) is 2.60. The zero-order valence-electron chi connectivity index (χ0n) is 16.0. The van der Waals surface area contributed by atoms with Gasteiger partial charge in [-0.1, -0.05) is 37.2 Å². The van der Waals surface area contributed by atoms with Crippen LogP contribution in [0.5, 0.6) is 0 Å². The highest BCUT2D eigenvalue weighted by atomic mass is 35.5. The van der Waals surface area contributed by atoms with Gasteiger partial charge in [-0.2, -0.15) is 5.26 Å². The van der Waals surface area contributed by atoms with Crippen molar-refractivity contribution in [1.82, 2.24) is 9.97 Å². The Labute approximate surface area is 176 Å². The van der Waals surface area contributed by atoms with E-state index in [9.17, 15) is 9.18 Å². The van der Waals surface area contributed by atoms with Crippen LogP contribution >= 0.6 is 23.4 Å². The smallest absolute Gasteiger partial charge is 0.277 e. The van der Waals surface area contributed by atoms with Gasteiger partial charge in [0.25, 0.3) is 5.91 Å². The number of hydrogen-bond acceptors (Lipinski definition) is 7. The van der Waals surface area contributed by atoms with E-state index in [-0.39, 0.29) is 15.5 Å². The minimum Gasteiger partial charge on any atom is -0.378 e. The molecule has 2 aromatic heterocycles. The molecule has 0 bridgehead atoms. The number of nitriles is 1. The van der Waals surface area contributed by atoms with E-state index < -0.39 is 23.0 Å². The molecule has 0 radical (unpaired) electrons. The third-order valence-corrected chi connectivity index (χ3v) is 5.67. The van der Waals surface area contributed by atoms with E-state index in [0.717, 1.165) is 12.3 Å². The van der Waals surface area contributed by atoms with Crippen molar-refractivity contribution in [2.75, 3.05) is 5.32 Å². The fourth-order valence-corrected chi connectivity index (χ4v) is 4.83. The SMILES string of the molecule is CC1(C)C[C@@](C)(c2cc(NC(=O)c3ncc(C#N)cc3F)cnc2Cl)N=C(N)S1. The molecule has 3 N–H and O–H groups in total. The summed E-state index contributed by atoms with van der Waals surface area (Å²) >= 11 is 7.81. The summed E-state index contributed by atoms with van der Waals surface area (Å²) in [6, 6.07) is 4.37. The second-order valence-electron chi connectivity index (χ2n) is 7.45.